The summed E-state index contributed by atoms with van der Waals surface area (Å²) in [4.78, 5) is 0. The largest absolute Gasteiger partial charge is 0.396 e. The third-order valence-corrected chi connectivity index (χ3v) is 5.00. The number of fused-ring (bicyclic) bond motifs is 1. The summed E-state index contributed by atoms with van der Waals surface area (Å²) >= 11 is 5.61. The van der Waals surface area contributed by atoms with Gasteiger partial charge in [-0.05, 0) is 54.8 Å². The highest BCUT2D eigenvalue weighted by Crippen LogP contribution is 2.38. The van der Waals surface area contributed by atoms with E-state index >= 15 is 0 Å². The fourth-order valence-corrected chi connectivity index (χ4v) is 3.30. The minimum atomic E-state index is -1.34. The molecule has 0 unspecified atom stereocenters. The molecule has 0 saturated heterocycles. The number of aliphatic hydroxyl groups is 2. The Kier molecular flexibility index (Phi) is 8.97. The summed E-state index contributed by atoms with van der Waals surface area (Å²) in [6.07, 6.45) is 1.52. The summed E-state index contributed by atoms with van der Waals surface area (Å²) < 4.78 is 27.0. The van der Waals surface area contributed by atoms with Crippen LogP contribution in [0.25, 0.3) is 0 Å². The zero-order valence-electron chi connectivity index (χ0n) is 17.2. The van der Waals surface area contributed by atoms with Crippen molar-refractivity contribution >= 4 is 11.6 Å². The van der Waals surface area contributed by atoms with Crippen LogP contribution in [0.15, 0.2) is 66.7 Å². The Balaban J connectivity index is 0.000000222. The smallest absolute Gasteiger partial charge is 0.129 e. The lowest BCUT2D eigenvalue weighted by atomic mass is 9.90. The molecular weight excluding hydrogens is 406 g/mol. The molecule has 2 nitrogen and oxygen atoms in total. The van der Waals surface area contributed by atoms with Crippen LogP contribution in [-0.4, -0.2) is 16.8 Å². The highest BCUT2D eigenvalue weighted by Gasteiger charge is 2.38. The maximum atomic E-state index is 13.8. The standard InChI is InChI=1S/C15H12F2O.C7H7Cl.C3H8O/c16-12-5-6-14(17)13(7-12)15(18)8-10-3-1-2-4-11(10)9-15;1-6-2-4-7(8)5-3-6;1-2-3-4/h1-7,18H,8-9H2;2-5H,1H3;4H,2-3H2,1H3. The minimum absolute atomic E-state index is 0.0405. The van der Waals surface area contributed by atoms with Crippen LogP contribution in [0.1, 0.15) is 35.6 Å². The number of hydrogen-bond acceptors (Lipinski definition) is 2. The molecular formula is C25H27ClF2O2. The zero-order chi connectivity index (χ0) is 22.1. The van der Waals surface area contributed by atoms with E-state index < -0.39 is 17.2 Å². The average Bonchev–Trinajstić information content (AvgIpc) is 3.10. The first-order valence-corrected chi connectivity index (χ1v) is 10.2. The van der Waals surface area contributed by atoms with E-state index in [1.54, 1.807) is 0 Å². The molecule has 1 aliphatic rings. The van der Waals surface area contributed by atoms with Gasteiger partial charge in [0.05, 0.1) is 0 Å². The summed E-state index contributed by atoms with van der Waals surface area (Å²) in [6.45, 7) is 4.29. The van der Waals surface area contributed by atoms with Crippen LogP contribution in [0.2, 0.25) is 5.02 Å². The predicted molar refractivity (Wildman–Crippen MR) is 118 cm³/mol. The van der Waals surface area contributed by atoms with Gasteiger partial charge in [0, 0.05) is 30.0 Å². The van der Waals surface area contributed by atoms with Crippen molar-refractivity contribution < 1.29 is 19.0 Å². The van der Waals surface area contributed by atoms with E-state index in [1.165, 1.54) is 5.56 Å². The van der Waals surface area contributed by atoms with Gasteiger partial charge < -0.3 is 10.2 Å². The fraction of sp³-hybridized carbons (Fsp3) is 0.280. The van der Waals surface area contributed by atoms with E-state index in [9.17, 15) is 13.9 Å². The molecule has 0 bridgehead atoms. The van der Waals surface area contributed by atoms with Crippen LogP contribution in [0.5, 0.6) is 0 Å². The van der Waals surface area contributed by atoms with E-state index in [0.29, 0.717) is 19.4 Å². The molecule has 3 aromatic rings. The van der Waals surface area contributed by atoms with Gasteiger partial charge in [0.15, 0.2) is 0 Å². The number of halogens is 3. The molecule has 5 heteroatoms. The second-order valence-corrected chi connectivity index (χ2v) is 7.73. The molecule has 0 heterocycles. The molecule has 0 saturated carbocycles. The van der Waals surface area contributed by atoms with Crippen LogP contribution in [0.3, 0.4) is 0 Å². The van der Waals surface area contributed by atoms with Gasteiger partial charge in [-0.25, -0.2) is 8.78 Å². The van der Waals surface area contributed by atoms with Crippen molar-refractivity contribution in [2.24, 2.45) is 0 Å². The summed E-state index contributed by atoms with van der Waals surface area (Å²) in [6, 6.07) is 18.5. The number of benzene rings is 3. The second-order valence-electron chi connectivity index (χ2n) is 7.30. The van der Waals surface area contributed by atoms with Crippen molar-refractivity contribution in [3.63, 3.8) is 0 Å². The van der Waals surface area contributed by atoms with Gasteiger partial charge in [-0.15, -0.1) is 0 Å². The molecule has 0 aromatic heterocycles. The molecule has 0 atom stereocenters. The van der Waals surface area contributed by atoms with Crippen molar-refractivity contribution in [3.05, 3.63) is 106 Å². The first-order valence-electron chi connectivity index (χ1n) is 9.86. The first kappa shape index (κ1) is 24.0. The number of hydrogen-bond donors (Lipinski definition) is 2. The quantitative estimate of drug-likeness (QED) is 0.522. The van der Waals surface area contributed by atoms with Crippen LogP contribution in [-0.2, 0) is 18.4 Å². The molecule has 30 heavy (non-hydrogen) atoms. The topological polar surface area (TPSA) is 40.5 Å². The van der Waals surface area contributed by atoms with Gasteiger partial charge in [0.2, 0.25) is 0 Å². The molecule has 2 N–H and O–H groups in total. The van der Waals surface area contributed by atoms with Gasteiger partial charge in [0.25, 0.3) is 0 Å². The Morgan fingerprint density at radius 2 is 1.47 bits per heavy atom. The molecule has 0 aliphatic heterocycles. The number of aliphatic hydroxyl groups excluding tert-OH is 1. The Hall–Kier alpha value is -2.27. The predicted octanol–water partition coefficient (Wildman–Crippen LogP) is 5.99. The molecule has 0 fully saturated rings. The third kappa shape index (κ3) is 6.63. The summed E-state index contributed by atoms with van der Waals surface area (Å²) in [7, 11) is 0. The maximum absolute atomic E-state index is 13.8. The minimum Gasteiger partial charge on any atom is -0.396 e. The van der Waals surface area contributed by atoms with E-state index in [-0.39, 0.29) is 5.56 Å². The van der Waals surface area contributed by atoms with Gasteiger partial charge in [-0.3, -0.25) is 0 Å². The maximum Gasteiger partial charge on any atom is 0.129 e. The van der Waals surface area contributed by atoms with Crippen LogP contribution < -0.4 is 0 Å². The summed E-state index contributed by atoms with van der Waals surface area (Å²) in [5, 5.41) is 19.3. The van der Waals surface area contributed by atoms with E-state index in [2.05, 4.69) is 0 Å². The highest BCUT2D eigenvalue weighted by molar-refractivity contribution is 6.30. The van der Waals surface area contributed by atoms with Crippen LogP contribution in [0, 0.1) is 18.6 Å². The molecule has 0 amide bonds. The monoisotopic (exact) mass is 432 g/mol. The molecule has 160 valence electrons. The third-order valence-electron chi connectivity index (χ3n) is 4.75. The number of rotatable bonds is 2. The summed E-state index contributed by atoms with van der Waals surface area (Å²) in [5.74, 6) is -1.09. The van der Waals surface area contributed by atoms with E-state index in [0.717, 1.165) is 40.8 Å². The Morgan fingerprint density at radius 3 is 1.93 bits per heavy atom. The van der Waals surface area contributed by atoms with E-state index in [4.69, 9.17) is 16.7 Å². The van der Waals surface area contributed by atoms with E-state index in [1.807, 2.05) is 62.4 Å². The average molecular weight is 433 g/mol. The molecule has 3 aromatic carbocycles. The highest BCUT2D eigenvalue weighted by atomic mass is 35.5. The number of aryl methyl sites for hydroxylation is 1. The Morgan fingerprint density at radius 1 is 0.933 bits per heavy atom. The lowest BCUT2D eigenvalue weighted by Crippen LogP contribution is -2.27. The molecule has 0 spiro atoms. The molecule has 1 aliphatic carbocycles. The molecule has 4 rings (SSSR count). The SMILES string of the molecule is CCCO.Cc1ccc(Cl)cc1.OC1(c2cc(F)ccc2F)Cc2ccccc2C1. The Labute approximate surface area is 181 Å². The molecule has 0 radical (unpaired) electrons. The fourth-order valence-electron chi connectivity index (χ4n) is 3.17. The van der Waals surface area contributed by atoms with Crippen LogP contribution in [0.4, 0.5) is 8.78 Å². The van der Waals surface area contributed by atoms with Crippen molar-refractivity contribution in [3.8, 4) is 0 Å². The van der Waals surface area contributed by atoms with Crippen LogP contribution >= 0.6 is 11.6 Å². The summed E-state index contributed by atoms with van der Waals surface area (Å²) in [5.41, 5.74) is 1.93. The normalized spacial score (nSPS) is 13.4. The lowest BCUT2D eigenvalue weighted by molar-refractivity contribution is 0.0441. The Bertz CT molecular complexity index is 894. The van der Waals surface area contributed by atoms with Crippen molar-refractivity contribution in [2.45, 2.75) is 38.7 Å². The van der Waals surface area contributed by atoms with Gasteiger partial charge in [0.1, 0.15) is 17.2 Å². The lowest BCUT2D eigenvalue weighted by Gasteiger charge is -2.23. The first-order chi connectivity index (χ1) is 14.3. The zero-order valence-corrected chi connectivity index (χ0v) is 18.0. The van der Waals surface area contributed by atoms with Crippen molar-refractivity contribution in [2.75, 3.05) is 6.61 Å². The van der Waals surface area contributed by atoms with Gasteiger partial charge in [-0.1, -0.05) is 60.5 Å². The van der Waals surface area contributed by atoms with Gasteiger partial charge >= 0.3 is 0 Å². The van der Waals surface area contributed by atoms with Gasteiger partial charge in [-0.2, -0.15) is 0 Å². The van der Waals surface area contributed by atoms with Crippen molar-refractivity contribution in [1.82, 2.24) is 0 Å². The second kappa shape index (κ2) is 11.2. The van der Waals surface area contributed by atoms with Crippen molar-refractivity contribution in [1.29, 1.82) is 0 Å².